The first-order valence-electron chi connectivity index (χ1n) is 9.15. The summed E-state index contributed by atoms with van der Waals surface area (Å²) in [6.07, 6.45) is 2.76. The van der Waals surface area contributed by atoms with E-state index < -0.39 is 15.8 Å². The Morgan fingerprint density at radius 2 is 1.71 bits per heavy atom. The van der Waals surface area contributed by atoms with Crippen molar-refractivity contribution in [2.75, 3.05) is 13.1 Å². The van der Waals surface area contributed by atoms with Crippen LogP contribution in [-0.4, -0.2) is 35.4 Å². The SMILES string of the molecule is O=c1c2ccccc2ncn1CC1CCN(S(=O)(=O)c2ccccc2F)CC1. The fourth-order valence-corrected chi connectivity index (χ4v) is 5.17. The lowest BCUT2D eigenvalue weighted by Gasteiger charge is -2.31. The number of para-hydroxylation sites is 1. The van der Waals surface area contributed by atoms with E-state index in [0.29, 0.717) is 43.4 Å². The standard InChI is InChI=1S/C20H20FN3O3S/c21-17-6-2-4-8-19(17)28(26,27)24-11-9-15(10-12-24)13-23-14-22-18-7-3-1-5-16(18)20(23)25/h1-8,14-15H,9-13H2. The van der Waals surface area contributed by atoms with Crippen molar-refractivity contribution < 1.29 is 12.8 Å². The van der Waals surface area contributed by atoms with Crippen LogP contribution in [0.15, 0.2) is 64.5 Å². The van der Waals surface area contributed by atoms with Gasteiger partial charge < -0.3 is 0 Å². The van der Waals surface area contributed by atoms with Gasteiger partial charge in [-0.05, 0) is 43.0 Å². The van der Waals surface area contributed by atoms with Gasteiger partial charge in [0.15, 0.2) is 0 Å². The summed E-state index contributed by atoms with van der Waals surface area (Å²) in [5.74, 6) is -0.578. The third-order valence-electron chi connectivity index (χ3n) is 5.21. The van der Waals surface area contributed by atoms with E-state index in [9.17, 15) is 17.6 Å². The van der Waals surface area contributed by atoms with Crippen molar-refractivity contribution >= 4 is 20.9 Å². The van der Waals surface area contributed by atoms with Gasteiger partial charge in [-0.2, -0.15) is 4.31 Å². The lowest BCUT2D eigenvalue weighted by atomic mass is 9.98. The van der Waals surface area contributed by atoms with Crippen LogP contribution in [0.2, 0.25) is 0 Å². The topological polar surface area (TPSA) is 72.3 Å². The monoisotopic (exact) mass is 401 g/mol. The minimum atomic E-state index is -3.85. The van der Waals surface area contributed by atoms with Crippen LogP contribution in [0.25, 0.3) is 10.9 Å². The highest BCUT2D eigenvalue weighted by Gasteiger charge is 2.31. The molecule has 0 amide bonds. The lowest BCUT2D eigenvalue weighted by Crippen LogP contribution is -2.40. The molecular formula is C20H20FN3O3S. The summed E-state index contributed by atoms with van der Waals surface area (Å²) >= 11 is 0. The van der Waals surface area contributed by atoms with E-state index in [4.69, 9.17) is 0 Å². The Kier molecular flexibility index (Phi) is 4.99. The van der Waals surface area contributed by atoms with Crippen LogP contribution in [-0.2, 0) is 16.6 Å². The van der Waals surface area contributed by atoms with Crippen LogP contribution in [0.5, 0.6) is 0 Å². The van der Waals surface area contributed by atoms with Gasteiger partial charge in [-0.15, -0.1) is 0 Å². The molecule has 1 aliphatic heterocycles. The molecular weight excluding hydrogens is 381 g/mol. The Morgan fingerprint density at radius 1 is 1.04 bits per heavy atom. The van der Waals surface area contributed by atoms with Crippen LogP contribution >= 0.6 is 0 Å². The molecule has 0 N–H and O–H groups in total. The number of sulfonamides is 1. The molecule has 0 radical (unpaired) electrons. The van der Waals surface area contributed by atoms with Crippen molar-refractivity contribution in [2.45, 2.75) is 24.3 Å². The van der Waals surface area contributed by atoms with Gasteiger partial charge in [0.05, 0.1) is 17.2 Å². The summed E-state index contributed by atoms with van der Waals surface area (Å²) in [6, 6.07) is 12.6. The minimum Gasteiger partial charge on any atom is -0.298 e. The van der Waals surface area contributed by atoms with Crippen LogP contribution in [0.4, 0.5) is 4.39 Å². The van der Waals surface area contributed by atoms with Crippen molar-refractivity contribution in [1.82, 2.24) is 13.9 Å². The fourth-order valence-electron chi connectivity index (χ4n) is 3.64. The largest absolute Gasteiger partial charge is 0.298 e. The van der Waals surface area contributed by atoms with Crippen LogP contribution < -0.4 is 5.56 Å². The maximum Gasteiger partial charge on any atom is 0.261 e. The lowest BCUT2D eigenvalue weighted by molar-refractivity contribution is 0.250. The van der Waals surface area contributed by atoms with Gasteiger partial charge in [0, 0.05) is 19.6 Å². The second kappa shape index (κ2) is 7.44. The number of halogens is 1. The summed E-state index contributed by atoms with van der Waals surface area (Å²) in [5, 5.41) is 0.574. The number of benzene rings is 2. The molecule has 6 nitrogen and oxygen atoms in total. The summed E-state index contributed by atoms with van der Waals surface area (Å²) in [7, 11) is -3.85. The smallest absolute Gasteiger partial charge is 0.261 e. The average Bonchev–Trinajstić information content (AvgIpc) is 2.71. The summed E-state index contributed by atoms with van der Waals surface area (Å²) in [5.41, 5.74) is 0.571. The Bertz CT molecular complexity index is 1170. The number of fused-ring (bicyclic) bond motifs is 1. The molecule has 4 rings (SSSR count). The number of rotatable bonds is 4. The van der Waals surface area contributed by atoms with Gasteiger partial charge in [-0.3, -0.25) is 9.36 Å². The van der Waals surface area contributed by atoms with E-state index in [-0.39, 0.29) is 16.4 Å². The van der Waals surface area contributed by atoms with Crippen LogP contribution in [0.3, 0.4) is 0 Å². The molecule has 0 atom stereocenters. The van der Waals surface area contributed by atoms with Crippen molar-refractivity contribution in [3.8, 4) is 0 Å². The Hall–Kier alpha value is -2.58. The molecule has 1 aromatic heterocycles. The van der Waals surface area contributed by atoms with Gasteiger partial charge >= 0.3 is 0 Å². The molecule has 28 heavy (non-hydrogen) atoms. The maximum atomic E-state index is 13.9. The number of aromatic nitrogens is 2. The molecule has 0 saturated carbocycles. The minimum absolute atomic E-state index is 0.0907. The molecule has 3 aromatic rings. The van der Waals surface area contributed by atoms with Crippen molar-refractivity contribution in [2.24, 2.45) is 5.92 Å². The maximum absolute atomic E-state index is 13.9. The molecule has 1 saturated heterocycles. The number of nitrogens with zero attached hydrogens (tertiary/aromatic N) is 3. The Labute approximate surface area is 162 Å². The first-order valence-corrected chi connectivity index (χ1v) is 10.6. The summed E-state index contributed by atoms with van der Waals surface area (Å²) in [6.45, 7) is 1.10. The second-order valence-corrected chi connectivity index (χ2v) is 8.90. The molecule has 0 aliphatic carbocycles. The quantitative estimate of drug-likeness (QED) is 0.674. The zero-order valence-corrected chi connectivity index (χ0v) is 16.0. The summed E-state index contributed by atoms with van der Waals surface area (Å²) < 4.78 is 42.2. The molecule has 8 heteroatoms. The highest BCUT2D eigenvalue weighted by atomic mass is 32.2. The third-order valence-corrected chi connectivity index (χ3v) is 7.15. The highest BCUT2D eigenvalue weighted by molar-refractivity contribution is 7.89. The summed E-state index contributed by atoms with van der Waals surface area (Å²) in [4.78, 5) is 16.7. The molecule has 2 aromatic carbocycles. The molecule has 1 fully saturated rings. The van der Waals surface area contributed by atoms with Crippen molar-refractivity contribution in [3.63, 3.8) is 0 Å². The zero-order chi connectivity index (χ0) is 19.7. The Morgan fingerprint density at radius 3 is 2.46 bits per heavy atom. The zero-order valence-electron chi connectivity index (χ0n) is 15.2. The molecule has 2 heterocycles. The van der Waals surface area contributed by atoms with Gasteiger partial charge in [0.2, 0.25) is 10.0 Å². The van der Waals surface area contributed by atoms with E-state index in [2.05, 4.69) is 4.98 Å². The predicted octanol–water partition coefficient (Wildman–Crippen LogP) is 2.64. The van der Waals surface area contributed by atoms with Gasteiger partial charge in [-0.25, -0.2) is 17.8 Å². The molecule has 146 valence electrons. The van der Waals surface area contributed by atoms with E-state index in [0.717, 1.165) is 6.07 Å². The second-order valence-electron chi connectivity index (χ2n) is 7.00. The van der Waals surface area contributed by atoms with Crippen LogP contribution in [0, 0.1) is 11.7 Å². The van der Waals surface area contributed by atoms with E-state index in [1.54, 1.807) is 23.0 Å². The van der Waals surface area contributed by atoms with Crippen molar-refractivity contribution in [3.05, 3.63) is 71.0 Å². The molecule has 0 spiro atoms. The van der Waals surface area contributed by atoms with Gasteiger partial charge in [0.25, 0.3) is 5.56 Å². The first kappa shape index (κ1) is 18.8. The van der Waals surface area contributed by atoms with E-state index >= 15 is 0 Å². The fraction of sp³-hybridized carbons (Fsp3) is 0.300. The van der Waals surface area contributed by atoms with E-state index in [1.807, 2.05) is 12.1 Å². The first-order chi connectivity index (χ1) is 13.5. The van der Waals surface area contributed by atoms with Gasteiger partial charge in [-0.1, -0.05) is 24.3 Å². The Balaban J connectivity index is 1.47. The van der Waals surface area contributed by atoms with Gasteiger partial charge in [0.1, 0.15) is 10.7 Å². The number of hydrogen-bond donors (Lipinski definition) is 0. The average molecular weight is 401 g/mol. The van der Waals surface area contributed by atoms with Crippen LogP contribution in [0.1, 0.15) is 12.8 Å². The normalized spacial score (nSPS) is 16.5. The molecule has 1 aliphatic rings. The van der Waals surface area contributed by atoms with E-state index in [1.165, 1.54) is 22.5 Å². The predicted molar refractivity (Wildman–Crippen MR) is 104 cm³/mol. The number of hydrogen-bond acceptors (Lipinski definition) is 4. The third kappa shape index (κ3) is 3.45. The molecule has 0 bridgehead atoms. The highest BCUT2D eigenvalue weighted by Crippen LogP contribution is 2.26. The van der Waals surface area contributed by atoms with Crippen molar-refractivity contribution in [1.29, 1.82) is 0 Å². The number of piperidine rings is 1. The molecule has 0 unspecified atom stereocenters.